The summed E-state index contributed by atoms with van der Waals surface area (Å²) in [6.45, 7) is 1.94. The molecule has 0 fully saturated rings. The predicted octanol–water partition coefficient (Wildman–Crippen LogP) is 2.53. The molecule has 1 aromatic heterocycles. The minimum absolute atomic E-state index is 0.0572. The van der Waals surface area contributed by atoms with Crippen LogP contribution in [0, 0.1) is 6.92 Å². The molecular weight excluding hydrogens is 266 g/mol. The summed E-state index contributed by atoms with van der Waals surface area (Å²) in [5, 5.41) is 1.76. The number of rotatable bonds is 4. The average Bonchev–Trinajstić information content (AvgIpc) is 2.82. The van der Waals surface area contributed by atoms with E-state index in [9.17, 15) is 8.42 Å². The van der Waals surface area contributed by atoms with Gasteiger partial charge in [-0.2, -0.15) is 0 Å². The quantitative estimate of drug-likeness (QED) is 0.936. The Morgan fingerprint density at radius 3 is 2.56 bits per heavy atom. The topological polar surface area (TPSA) is 60.2 Å². The second-order valence-electron chi connectivity index (χ2n) is 4.18. The van der Waals surface area contributed by atoms with Crippen LogP contribution in [0.5, 0.6) is 0 Å². The van der Waals surface area contributed by atoms with Crippen molar-refractivity contribution in [3.05, 3.63) is 52.9 Å². The van der Waals surface area contributed by atoms with Crippen LogP contribution < -0.4 is 5.73 Å². The lowest BCUT2D eigenvalue weighted by molar-refractivity contribution is 0.590. The first kappa shape index (κ1) is 13.3. The first-order chi connectivity index (χ1) is 8.50. The lowest BCUT2D eigenvalue weighted by atomic mass is 10.0. The summed E-state index contributed by atoms with van der Waals surface area (Å²) in [5.74, 6) is -0.0572. The van der Waals surface area contributed by atoms with E-state index in [1.165, 1.54) is 11.3 Å². The molecule has 2 N–H and O–H groups in total. The summed E-state index contributed by atoms with van der Waals surface area (Å²) >= 11 is 1.23. The minimum Gasteiger partial charge on any atom is -0.323 e. The minimum atomic E-state index is -3.29. The van der Waals surface area contributed by atoms with Gasteiger partial charge in [-0.15, -0.1) is 11.3 Å². The molecule has 2 rings (SSSR count). The van der Waals surface area contributed by atoms with Crippen molar-refractivity contribution in [1.29, 1.82) is 0 Å². The Morgan fingerprint density at radius 1 is 1.22 bits per heavy atom. The Morgan fingerprint density at radius 2 is 1.94 bits per heavy atom. The van der Waals surface area contributed by atoms with Crippen LogP contribution in [0.2, 0.25) is 0 Å². The number of thiophene rings is 1. The van der Waals surface area contributed by atoms with Gasteiger partial charge < -0.3 is 5.73 Å². The van der Waals surface area contributed by atoms with Gasteiger partial charge in [0.15, 0.2) is 9.84 Å². The predicted molar refractivity (Wildman–Crippen MR) is 74.5 cm³/mol. The van der Waals surface area contributed by atoms with Crippen LogP contribution in [0.25, 0.3) is 0 Å². The summed E-state index contributed by atoms with van der Waals surface area (Å²) in [6, 6.07) is 10.5. The highest BCUT2D eigenvalue weighted by molar-refractivity contribution is 7.93. The maximum atomic E-state index is 12.1. The summed E-state index contributed by atoms with van der Waals surface area (Å²) in [5.41, 5.74) is 7.92. The van der Waals surface area contributed by atoms with Crippen LogP contribution in [-0.4, -0.2) is 14.2 Å². The van der Waals surface area contributed by atoms with Crippen molar-refractivity contribution in [2.75, 3.05) is 5.75 Å². The largest absolute Gasteiger partial charge is 0.323 e. The summed E-state index contributed by atoms with van der Waals surface area (Å²) in [4.78, 5) is 0. The number of hydrogen-bond acceptors (Lipinski definition) is 4. The highest BCUT2D eigenvalue weighted by Gasteiger charge is 2.21. The fourth-order valence-electron chi connectivity index (χ4n) is 1.85. The van der Waals surface area contributed by atoms with Crippen LogP contribution in [-0.2, 0) is 9.84 Å². The molecule has 0 radical (unpaired) electrons. The smallest absolute Gasteiger partial charge is 0.189 e. The van der Waals surface area contributed by atoms with Gasteiger partial charge in [-0.25, -0.2) is 8.42 Å². The molecule has 2 aromatic rings. The van der Waals surface area contributed by atoms with Crippen LogP contribution in [0.4, 0.5) is 0 Å². The first-order valence-corrected chi connectivity index (χ1v) is 8.11. The van der Waals surface area contributed by atoms with Gasteiger partial charge in [0.25, 0.3) is 0 Å². The molecule has 0 spiro atoms. The Balaban J connectivity index is 2.23. The Labute approximate surface area is 111 Å². The van der Waals surface area contributed by atoms with E-state index in [-0.39, 0.29) is 5.75 Å². The number of benzene rings is 1. The van der Waals surface area contributed by atoms with E-state index in [4.69, 9.17) is 5.73 Å². The lowest BCUT2D eigenvalue weighted by Gasteiger charge is -2.14. The first-order valence-electron chi connectivity index (χ1n) is 5.58. The molecule has 0 saturated carbocycles. The maximum absolute atomic E-state index is 12.1. The molecule has 0 saturated heterocycles. The van der Waals surface area contributed by atoms with Crippen molar-refractivity contribution in [2.24, 2.45) is 5.73 Å². The van der Waals surface area contributed by atoms with E-state index in [0.29, 0.717) is 4.21 Å². The van der Waals surface area contributed by atoms with Gasteiger partial charge in [-0.1, -0.05) is 30.3 Å². The highest BCUT2D eigenvalue weighted by atomic mass is 32.2. The number of hydrogen-bond donors (Lipinski definition) is 1. The standard InChI is InChI=1S/C13H15NO2S2/c1-10-5-2-3-6-11(10)12(14)9-18(15,16)13-7-4-8-17-13/h2-8,12H,9,14H2,1H3. The van der Waals surface area contributed by atoms with E-state index < -0.39 is 15.9 Å². The summed E-state index contributed by atoms with van der Waals surface area (Å²) < 4.78 is 24.6. The second kappa shape index (κ2) is 5.22. The third kappa shape index (κ3) is 2.80. The van der Waals surface area contributed by atoms with Crippen molar-refractivity contribution < 1.29 is 8.42 Å². The summed E-state index contributed by atoms with van der Waals surface area (Å²) in [7, 11) is -3.29. The number of sulfone groups is 1. The lowest BCUT2D eigenvalue weighted by Crippen LogP contribution is -2.22. The molecule has 5 heteroatoms. The normalized spacial score (nSPS) is 13.4. The van der Waals surface area contributed by atoms with Gasteiger partial charge in [0.1, 0.15) is 4.21 Å². The van der Waals surface area contributed by atoms with Gasteiger partial charge in [0.05, 0.1) is 5.75 Å². The fourth-order valence-corrected chi connectivity index (χ4v) is 4.36. The zero-order valence-corrected chi connectivity index (χ0v) is 11.7. The van der Waals surface area contributed by atoms with E-state index >= 15 is 0 Å². The Bertz CT molecular complexity index is 618. The SMILES string of the molecule is Cc1ccccc1C(N)CS(=O)(=O)c1cccs1. The molecular formula is C13H15NO2S2. The Kier molecular flexibility index (Phi) is 3.85. The van der Waals surface area contributed by atoms with E-state index in [1.54, 1.807) is 17.5 Å². The zero-order valence-electron chi connectivity index (χ0n) is 10.0. The molecule has 1 heterocycles. The Hall–Kier alpha value is -1.17. The van der Waals surface area contributed by atoms with Crippen molar-refractivity contribution in [1.82, 2.24) is 0 Å². The van der Waals surface area contributed by atoms with Crippen molar-refractivity contribution in [2.45, 2.75) is 17.2 Å². The van der Waals surface area contributed by atoms with Crippen molar-refractivity contribution >= 4 is 21.2 Å². The molecule has 18 heavy (non-hydrogen) atoms. The van der Waals surface area contributed by atoms with Gasteiger partial charge >= 0.3 is 0 Å². The third-order valence-electron chi connectivity index (χ3n) is 2.79. The molecule has 1 atom stereocenters. The number of aryl methyl sites for hydroxylation is 1. The molecule has 0 bridgehead atoms. The molecule has 96 valence electrons. The monoisotopic (exact) mass is 281 g/mol. The van der Waals surface area contributed by atoms with Crippen LogP contribution in [0.15, 0.2) is 46.0 Å². The molecule has 0 aliphatic carbocycles. The molecule has 0 aliphatic heterocycles. The second-order valence-corrected chi connectivity index (χ2v) is 7.39. The molecule has 0 amide bonds. The van der Waals surface area contributed by atoms with E-state index in [1.807, 2.05) is 31.2 Å². The highest BCUT2D eigenvalue weighted by Crippen LogP contribution is 2.23. The molecule has 3 nitrogen and oxygen atoms in total. The maximum Gasteiger partial charge on any atom is 0.189 e. The summed E-state index contributed by atoms with van der Waals surface area (Å²) in [6.07, 6.45) is 0. The van der Waals surface area contributed by atoms with Gasteiger partial charge in [0.2, 0.25) is 0 Å². The van der Waals surface area contributed by atoms with E-state index in [0.717, 1.165) is 11.1 Å². The van der Waals surface area contributed by atoms with Gasteiger partial charge in [-0.05, 0) is 29.5 Å². The number of nitrogens with two attached hydrogens (primary N) is 1. The fraction of sp³-hybridized carbons (Fsp3) is 0.231. The molecule has 1 aromatic carbocycles. The zero-order chi connectivity index (χ0) is 13.2. The average molecular weight is 281 g/mol. The van der Waals surface area contributed by atoms with Crippen molar-refractivity contribution in [3.8, 4) is 0 Å². The van der Waals surface area contributed by atoms with Crippen LogP contribution in [0.1, 0.15) is 17.2 Å². The van der Waals surface area contributed by atoms with Crippen LogP contribution in [0.3, 0.4) is 0 Å². The molecule has 1 unspecified atom stereocenters. The third-order valence-corrected chi connectivity index (χ3v) is 6.05. The van der Waals surface area contributed by atoms with Gasteiger partial charge in [-0.3, -0.25) is 0 Å². The van der Waals surface area contributed by atoms with Crippen molar-refractivity contribution in [3.63, 3.8) is 0 Å². The molecule has 0 aliphatic rings. The van der Waals surface area contributed by atoms with E-state index in [2.05, 4.69) is 0 Å². The van der Waals surface area contributed by atoms with Gasteiger partial charge in [0, 0.05) is 6.04 Å². The van der Waals surface area contributed by atoms with Crippen LogP contribution >= 0.6 is 11.3 Å².